The number of non-ortho nitro benzene ring substituents is 1. The Labute approximate surface area is 156 Å². The van der Waals surface area contributed by atoms with Crippen molar-refractivity contribution in [1.82, 2.24) is 4.90 Å². The van der Waals surface area contributed by atoms with Crippen LogP contribution < -0.4 is 4.90 Å². The van der Waals surface area contributed by atoms with E-state index < -0.39 is 16.6 Å². The van der Waals surface area contributed by atoms with Crippen LogP contribution in [0, 0.1) is 21.7 Å². The Balaban J connectivity index is 1.68. The minimum atomic E-state index is -1.05. The van der Waals surface area contributed by atoms with E-state index in [4.69, 9.17) is 0 Å². The minimum absolute atomic E-state index is 0.00669. The van der Waals surface area contributed by atoms with Gasteiger partial charge in [-0.2, -0.15) is 0 Å². The SMILES string of the molecule is O=C(c1ccc(F)c(F)c1)N1CCN(c2ccc([N+](=O)[O-])cc2Br)CC1. The predicted octanol–water partition coefficient (Wildman–Crippen LogP) is 3.60. The molecule has 0 bridgehead atoms. The zero-order valence-corrected chi connectivity index (χ0v) is 15.1. The minimum Gasteiger partial charge on any atom is -0.367 e. The molecule has 9 heteroatoms. The van der Waals surface area contributed by atoms with E-state index in [9.17, 15) is 23.7 Å². The second-order valence-electron chi connectivity index (χ2n) is 5.80. The summed E-state index contributed by atoms with van der Waals surface area (Å²) in [5.41, 5.74) is 0.900. The lowest BCUT2D eigenvalue weighted by atomic mass is 10.1. The van der Waals surface area contributed by atoms with Gasteiger partial charge in [-0.3, -0.25) is 14.9 Å². The maximum atomic E-state index is 13.3. The Hall–Kier alpha value is -2.55. The summed E-state index contributed by atoms with van der Waals surface area (Å²) in [6.45, 7) is 1.85. The summed E-state index contributed by atoms with van der Waals surface area (Å²) in [6.07, 6.45) is 0. The fourth-order valence-corrected chi connectivity index (χ4v) is 3.45. The molecule has 136 valence electrons. The molecule has 0 spiro atoms. The Morgan fingerprint density at radius 3 is 2.31 bits per heavy atom. The fourth-order valence-electron chi connectivity index (χ4n) is 2.83. The predicted molar refractivity (Wildman–Crippen MR) is 95.3 cm³/mol. The summed E-state index contributed by atoms with van der Waals surface area (Å²) in [6, 6.07) is 7.63. The summed E-state index contributed by atoms with van der Waals surface area (Å²) in [4.78, 5) is 26.4. The Morgan fingerprint density at radius 2 is 1.73 bits per heavy atom. The lowest BCUT2D eigenvalue weighted by Gasteiger charge is -2.36. The molecule has 26 heavy (non-hydrogen) atoms. The van der Waals surface area contributed by atoms with E-state index in [0.717, 1.165) is 17.8 Å². The van der Waals surface area contributed by atoms with Gasteiger partial charge in [0.1, 0.15) is 0 Å². The third-order valence-corrected chi connectivity index (χ3v) is 4.85. The van der Waals surface area contributed by atoms with Gasteiger partial charge in [-0.25, -0.2) is 8.78 Å². The van der Waals surface area contributed by atoms with Crippen molar-refractivity contribution in [2.24, 2.45) is 0 Å². The first-order chi connectivity index (χ1) is 12.4. The molecule has 0 saturated carbocycles. The maximum Gasteiger partial charge on any atom is 0.270 e. The number of amides is 1. The number of halogens is 3. The van der Waals surface area contributed by atoms with Crippen LogP contribution in [0.15, 0.2) is 40.9 Å². The Bertz CT molecular complexity index is 870. The number of nitro benzene ring substituents is 1. The van der Waals surface area contributed by atoms with Crippen LogP contribution in [0.5, 0.6) is 0 Å². The van der Waals surface area contributed by atoms with Gasteiger partial charge in [-0.1, -0.05) is 0 Å². The van der Waals surface area contributed by atoms with Gasteiger partial charge in [0.25, 0.3) is 11.6 Å². The topological polar surface area (TPSA) is 66.7 Å². The molecule has 1 saturated heterocycles. The van der Waals surface area contributed by atoms with Crippen molar-refractivity contribution < 1.29 is 18.5 Å². The van der Waals surface area contributed by atoms with Gasteiger partial charge in [0.2, 0.25) is 0 Å². The van der Waals surface area contributed by atoms with E-state index in [1.54, 1.807) is 11.0 Å². The van der Waals surface area contributed by atoms with E-state index in [1.807, 2.05) is 4.90 Å². The van der Waals surface area contributed by atoms with Crippen molar-refractivity contribution in [2.75, 3.05) is 31.1 Å². The number of hydrogen-bond acceptors (Lipinski definition) is 4. The van der Waals surface area contributed by atoms with Crippen molar-refractivity contribution in [3.05, 3.63) is 68.2 Å². The highest BCUT2D eigenvalue weighted by atomic mass is 79.9. The van der Waals surface area contributed by atoms with Gasteiger partial charge in [0.05, 0.1) is 10.6 Å². The molecule has 0 radical (unpaired) electrons. The van der Waals surface area contributed by atoms with Gasteiger partial charge in [0, 0.05) is 48.3 Å². The molecule has 3 rings (SSSR count). The first-order valence-corrected chi connectivity index (χ1v) is 8.59. The smallest absolute Gasteiger partial charge is 0.270 e. The van der Waals surface area contributed by atoms with E-state index in [1.165, 1.54) is 18.2 Å². The highest BCUT2D eigenvalue weighted by Gasteiger charge is 2.24. The third kappa shape index (κ3) is 3.67. The summed E-state index contributed by atoms with van der Waals surface area (Å²) >= 11 is 3.34. The zero-order valence-electron chi connectivity index (χ0n) is 13.5. The molecular formula is C17H14BrF2N3O3. The number of carbonyl (C=O) groups is 1. The third-order valence-electron chi connectivity index (χ3n) is 4.22. The van der Waals surface area contributed by atoms with Gasteiger partial charge >= 0.3 is 0 Å². The number of hydrogen-bond donors (Lipinski definition) is 0. The molecule has 1 fully saturated rings. The van der Waals surface area contributed by atoms with Crippen LogP contribution in [0.3, 0.4) is 0 Å². The van der Waals surface area contributed by atoms with Crippen LogP contribution in [0.4, 0.5) is 20.2 Å². The molecule has 0 unspecified atom stereocenters. The second-order valence-corrected chi connectivity index (χ2v) is 6.66. The lowest BCUT2D eigenvalue weighted by Crippen LogP contribution is -2.48. The van der Waals surface area contributed by atoms with Crippen molar-refractivity contribution in [2.45, 2.75) is 0 Å². The van der Waals surface area contributed by atoms with Crippen molar-refractivity contribution >= 4 is 33.2 Å². The number of rotatable bonds is 3. The molecule has 0 aliphatic carbocycles. The fraction of sp³-hybridized carbons (Fsp3) is 0.235. The van der Waals surface area contributed by atoms with E-state index in [0.29, 0.717) is 30.7 Å². The van der Waals surface area contributed by atoms with Crippen LogP contribution in [0.2, 0.25) is 0 Å². The molecule has 2 aromatic carbocycles. The van der Waals surface area contributed by atoms with Crippen molar-refractivity contribution in [1.29, 1.82) is 0 Å². The Kier molecular flexibility index (Phi) is 5.17. The van der Waals surface area contributed by atoms with E-state index in [2.05, 4.69) is 15.9 Å². The molecule has 6 nitrogen and oxygen atoms in total. The first-order valence-electron chi connectivity index (χ1n) is 7.80. The number of piperazine rings is 1. The van der Waals surface area contributed by atoms with Gasteiger partial charge < -0.3 is 9.80 Å². The molecule has 0 N–H and O–H groups in total. The molecule has 2 aromatic rings. The summed E-state index contributed by atoms with van der Waals surface area (Å²) in [7, 11) is 0. The summed E-state index contributed by atoms with van der Waals surface area (Å²) in [5, 5.41) is 10.8. The molecule has 0 atom stereocenters. The number of nitro groups is 1. The molecular weight excluding hydrogens is 412 g/mol. The Morgan fingerprint density at radius 1 is 1.04 bits per heavy atom. The van der Waals surface area contributed by atoms with Crippen LogP contribution in [-0.2, 0) is 0 Å². The van der Waals surface area contributed by atoms with Crippen LogP contribution in [0.1, 0.15) is 10.4 Å². The second kappa shape index (κ2) is 7.36. The van der Waals surface area contributed by atoms with Crippen molar-refractivity contribution in [3.8, 4) is 0 Å². The average molecular weight is 426 g/mol. The number of nitrogens with zero attached hydrogens (tertiary/aromatic N) is 3. The van der Waals surface area contributed by atoms with E-state index >= 15 is 0 Å². The molecule has 0 aromatic heterocycles. The monoisotopic (exact) mass is 425 g/mol. The van der Waals surface area contributed by atoms with Gasteiger partial charge in [-0.05, 0) is 40.2 Å². The first kappa shape index (κ1) is 18.2. The molecule has 1 aliphatic heterocycles. The number of anilines is 1. The van der Waals surface area contributed by atoms with Crippen LogP contribution in [0.25, 0.3) is 0 Å². The molecule has 1 amide bonds. The highest BCUT2D eigenvalue weighted by Crippen LogP contribution is 2.31. The molecule has 1 heterocycles. The van der Waals surface area contributed by atoms with Gasteiger partial charge in [-0.15, -0.1) is 0 Å². The maximum absolute atomic E-state index is 13.3. The van der Waals surface area contributed by atoms with Crippen molar-refractivity contribution in [3.63, 3.8) is 0 Å². The molecule has 1 aliphatic rings. The van der Waals surface area contributed by atoms with Gasteiger partial charge in [0.15, 0.2) is 11.6 Å². The summed E-state index contributed by atoms with van der Waals surface area (Å²) < 4.78 is 26.9. The van der Waals surface area contributed by atoms with E-state index in [-0.39, 0.29) is 17.2 Å². The standard InChI is InChI=1S/C17H14BrF2N3O3/c18-13-10-12(23(25)26)2-4-16(13)21-5-7-22(8-6-21)17(24)11-1-3-14(19)15(20)9-11/h1-4,9-10H,5-8H2. The average Bonchev–Trinajstić information content (AvgIpc) is 2.63. The lowest BCUT2D eigenvalue weighted by molar-refractivity contribution is -0.384. The summed E-state index contributed by atoms with van der Waals surface area (Å²) in [5.74, 6) is -2.40. The highest BCUT2D eigenvalue weighted by molar-refractivity contribution is 9.10. The number of benzene rings is 2. The quantitative estimate of drug-likeness (QED) is 0.556. The van der Waals surface area contributed by atoms with Crippen LogP contribution >= 0.6 is 15.9 Å². The number of carbonyl (C=O) groups excluding carboxylic acids is 1. The normalized spacial score (nSPS) is 14.4. The van der Waals surface area contributed by atoms with Crippen LogP contribution in [-0.4, -0.2) is 41.9 Å². The largest absolute Gasteiger partial charge is 0.367 e. The zero-order chi connectivity index (χ0) is 18.8.